The number of carbonyl (C=O) groups is 1. The van der Waals surface area contributed by atoms with Gasteiger partial charge in [-0.2, -0.15) is 5.10 Å². The molecule has 0 aliphatic carbocycles. The highest BCUT2D eigenvalue weighted by molar-refractivity contribution is 5.93. The molecule has 0 aliphatic heterocycles. The summed E-state index contributed by atoms with van der Waals surface area (Å²) >= 11 is 0. The van der Waals surface area contributed by atoms with E-state index in [9.17, 15) is 4.79 Å². The maximum atomic E-state index is 11.8. The largest absolute Gasteiger partial charge is 0.490 e. The molecular formula is C18H23N3O3. The smallest absolute Gasteiger partial charge is 0.287 e. The normalized spacial score (nSPS) is 10.8. The molecule has 0 spiro atoms. The highest BCUT2D eigenvalue weighted by Gasteiger charge is 2.06. The minimum absolute atomic E-state index is 0.291. The average Bonchev–Trinajstić information content (AvgIpc) is 3.12. The first kappa shape index (κ1) is 17.6. The fraction of sp³-hybridized carbons (Fsp3) is 0.333. The Labute approximate surface area is 141 Å². The third-order valence-corrected chi connectivity index (χ3v) is 3.25. The van der Waals surface area contributed by atoms with Crippen molar-refractivity contribution in [3.63, 3.8) is 0 Å². The van der Waals surface area contributed by atoms with Crippen LogP contribution in [-0.2, 0) is 0 Å². The molecule has 128 valence electrons. The van der Waals surface area contributed by atoms with Crippen molar-refractivity contribution >= 4 is 12.1 Å². The van der Waals surface area contributed by atoms with Crippen LogP contribution in [0.15, 0.2) is 41.6 Å². The Morgan fingerprint density at radius 2 is 2.12 bits per heavy atom. The molecule has 0 radical (unpaired) electrons. The molecule has 0 fully saturated rings. The summed E-state index contributed by atoms with van der Waals surface area (Å²) in [5, 5.41) is 3.96. The average molecular weight is 329 g/mol. The number of nitrogens with zero attached hydrogens (tertiary/aromatic N) is 1. The van der Waals surface area contributed by atoms with E-state index in [1.165, 1.54) is 0 Å². The molecule has 1 aromatic carbocycles. The Kier molecular flexibility index (Phi) is 6.89. The van der Waals surface area contributed by atoms with Crippen LogP contribution in [0.3, 0.4) is 0 Å². The van der Waals surface area contributed by atoms with Crippen LogP contribution in [0.1, 0.15) is 42.7 Å². The van der Waals surface area contributed by atoms with Crippen molar-refractivity contribution in [2.24, 2.45) is 5.10 Å². The summed E-state index contributed by atoms with van der Waals surface area (Å²) in [7, 11) is 0. The standard InChI is InChI=1S/C18H23N3O3/c1-3-5-11-24-16-9-8-14(12-17(16)23-4-2)13-20-21-18(22)15-7-6-10-19-15/h6-10,12-13,19H,3-5,11H2,1-2H3,(H,21,22)/b20-13-. The van der Waals surface area contributed by atoms with Gasteiger partial charge in [0.2, 0.25) is 0 Å². The molecule has 2 rings (SSSR count). The first-order valence-corrected chi connectivity index (χ1v) is 8.11. The van der Waals surface area contributed by atoms with Gasteiger partial charge >= 0.3 is 0 Å². The molecular weight excluding hydrogens is 306 g/mol. The van der Waals surface area contributed by atoms with E-state index < -0.39 is 0 Å². The summed E-state index contributed by atoms with van der Waals surface area (Å²) in [6.07, 6.45) is 5.33. The second-order valence-electron chi connectivity index (χ2n) is 5.12. The molecule has 0 unspecified atom stereocenters. The summed E-state index contributed by atoms with van der Waals surface area (Å²) in [6, 6.07) is 9.00. The van der Waals surface area contributed by atoms with E-state index in [2.05, 4.69) is 22.4 Å². The van der Waals surface area contributed by atoms with Crippen LogP contribution < -0.4 is 14.9 Å². The monoisotopic (exact) mass is 329 g/mol. The SMILES string of the molecule is CCCCOc1ccc(/C=N\NC(=O)c2ccc[nH]2)cc1OCC. The van der Waals surface area contributed by atoms with Crippen molar-refractivity contribution < 1.29 is 14.3 Å². The lowest BCUT2D eigenvalue weighted by molar-refractivity contribution is 0.0951. The number of amides is 1. The van der Waals surface area contributed by atoms with Crippen molar-refractivity contribution in [3.05, 3.63) is 47.8 Å². The van der Waals surface area contributed by atoms with E-state index in [1.54, 1.807) is 24.5 Å². The van der Waals surface area contributed by atoms with Gasteiger partial charge in [-0.25, -0.2) is 5.43 Å². The third-order valence-electron chi connectivity index (χ3n) is 3.25. The number of benzene rings is 1. The van der Waals surface area contributed by atoms with Gasteiger partial charge in [-0.15, -0.1) is 0 Å². The molecule has 6 nitrogen and oxygen atoms in total. The van der Waals surface area contributed by atoms with Gasteiger partial charge in [-0.3, -0.25) is 4.79 Å². The zero-order valence-electron chi connectivity index (χ0n) is 14.0. The second-order valence-corrected chi connectivity index (χ2v) is 5.12. The van der Waals surface area contributed by atoms with Gasteiger partial charge in [-0.1, -0.05) is 13.3 Å². The van der Waals surface area contributed by atoms with Crippen molar-refractivity contribution in [1.82, 2.24) is 10.4 Å². The molecule has 2 N–H and O–H groups in total. The molecule has 0 saturated carbocycles. The zero-order chi connectivity index (χ0) is 17.2. The van der Waals surface area contributed by atoms with E-state index in [0.717, 1.165) is 24.2 Å². The lowest BCUT2D eigenvalue weighted by atomic mass is 10.2. The maximum absolute atomic E-state index is 11.8. The van der Waals surface area contributed by atoms with Crippen LogP contribution in [0.2, 0.25) is 0 Å². The Morgan fingerprint density at radius 1 is 1.25 bits per heavy atom. The zero-order valence-corrected chi connectivity index (χ0v) is 14.0. The number of rotatable bonds is 9. The van der Waals surface area contributed by atoms with Crippen LogP contribution in [-0.4, -0.2) is 30.3 Å². The molecule has 0 atom stereocenters. The summed E-state index contributed by atoms with van der Waals surface area (Å²) in [5.74, 6) is 1.10. The number of hydrogen-bond acceptors (Lipinski definition) is 4. The van der Waals surface area contributed by atoms with E-state index >= 15 is 0 Å². The van der Waals surface area contributed by atoms with Crippen molar-refractivity contribution in [3.8, 4) is 11.5 Å². The van der Waals surface area contributed by atoms with Crippen LogP contribution >= 0.6 is 0 Å². The first-order valence-electron chi connectivity index (χ1n) is 8.11. The third kappa shape index (κ3) is 5.15. The molecule has 0 aliphatic rings. The Bertz CT molecular complexity index is 666. The Balaban J connectivity index is 2.00. The van der Waals surface area contributed by atoms with Gasteiger partial charge in [0, 0.05) is 6.20 Å². The van der Waals surface area contributed by atoms with Crippen LogP contribution in [0.4, 0.5) is 0 Å². The van der Waals surface area contributed by atoms with E-state index in [1.807, 2.05) is 25.1 Å². The second kappa shape index (κ2) is 9.39. The summed E-state index contributed by atoms with van der Waals surface area (Å²) < 4.78 is 11.3. The molecule has 2 aromatic rings. The number of aromatic nitrogens is 1. The lowest BCUT2D eigenvalue weighted by Gasteiger charge is -2.12. The fourth-order valence-corrected chi connectivity index (χ4v) is 2.02. The summed E-state index contributed by atoms with van der Waals surface area (Å²) in [5.41, 5.74) is 3.74. The fourth-order valence-electron chi connectivity index (χ4n) is 2.02. The number of hydrogen-bond donors (Lipinski definition) is 2. The van der Waals surface area contributed by atoms with Crippen LogP contribution in [0.25, 0.3) is 0 Å². The number of nitrogens with one attached hydrogen (secondary N) is 2. The van der Waals surface area contributed by atoms with Gasteiger partial charge in [0.1, 0.15) is 5.69 Å². The van der Waals surface area contributed by atoms with Gasteiger partial charge in [0.05, 0.1) is 19.4 Å². The number of unbranched alkanes of at least 4 members (excludes halogenated alkanes) is 1. The molecule has 6 heteroatoms. The number of aromatic amines is 1. The lowest BCUT2D eigenvalue weighted by Crippen LogP contribution is -2.17. The summed E-state index contributed by atoms with van der Waals surface area (Å²) in [4.78, 5) is 14.6. The van der Waals surface area contributed by atoms with Crippen molar-refractivity contribution in [2.45, 2.75) is 26.7 Å². The predicted octanol–water partition coefficient (Wildman–Crippen LogP) is 3.36. The van der Waals surface area contributed by atoms with Crippen LogP contribution in [0.5, 0.6) is 11.5 Å². The number of ether oxygens (including phenoxy) is 2. The predicted molar refractivity (Wildman–Crippen MR) is 93.9 cm³/mol. The number of hydrazone groups is 1. The molecule has 1 aromatic heterocycles. The van der Waals surface area contributed by atoms with Crippen LogP contribution in [0, 0.1) is 0 Å². The van der Waals surface area contributed by atoms with E-state index in [-0.39, 0.29) is 5.91 Å². The van der Waals surface area contributed by atoms with Gasteiger partial charge in [0.15, 0.2) is 11.5 Å². The molecule has 0 saturated heterocycles. The van der Waals surface area contributed by atoms with Gasteiger partial charge < -0.3 is 14.5 Å². The topological polar surface area (TPSA) is 75.7 Å². The van der Waals surface area contributed by atoms with Crippen molar-refractivity contribution in [2.75, 3.05) is 13.2 Å². The maximum Gasteiger partial charge on any atom is 0.287 e. The Hall–Kier alpha value is -2.76. The van der Waals surface area contributed by atoms with Gasteiger partial charge in [-0.05, 0) is 49.2 Å². The Morgan fingerprint density at radius 3 is 2.83 bits per heavy atom. The minimum Gasteiger partial charge on any atom is -0.490 e. The summed E-state index contributed by atoms with van der Waals surface area (Å²) in [6.45, 7) is 5.26. The number of H-pyrrole nitrogens is 1. The quantitative estimate of drug-likeness (QED) is 0.421. The molecule has 0 bridgehead atoms. The van der Waals surface area contributed by atoms with Crippen molar-refractivity contribution in [1.29, 1.82) is 0 Å². The molecule has 1 amide bonds. The number of carbonyl (C=O) groups excluding carboxylic acids is 1. The van der Waals surface area contributed by atoms with E-state index in [0.29, 0.717) is 24.7 Å². The first-order chi connectivity index (χ1) is 11.7. The minimum atomic E-state index is -0.291. The highest BCUT2D eigenvalue weighted by Crippen LogP contribution is 2.28. The van der Waals surface area contributed by atoms with E-state index in [4.69, 9.17) is 9.47 Å². The van der Waals surface area contributed by atoms with Gasteiger partial charge in [0.25, 0.3) is 5.91 Å². The highest BCUT2D eigenvalue weighted by atomic mass is 16.5. The molecule has 24 heavy (non-hydrogen) atoms. The molecule has 1 heterocycles.